The molecule has 39 heavy (non-hydrogen) atoms. The minimum Gasteiger partial charge on any atom is -0.454 e. The van der Waals surface area contributed by atoms with E-state index >= 15 is 0 Å². The molecule has 2 saturated heterocycles. The molecule has 2 aliphatic heterocycles. The summed E-state index contributed by atoms with van der Waals surface area (Å²) in [5, 5.41) is 3.32. The number of alkyl halides is 3. The number of piperidine rings is 1. The van der Waals surface area contributed by atoms with Gasteiger partial charge >= 0.3 is 12.3 Å². The lowest BCUT2D eigenvalue weighted by Gasteiger charge is -2.47. The number of halogens is 5. The second kappa shape index (κ2) is 10.7. The molecule has 2 fully saturated rings. The number of nitrogens with one attached hydrogen (secondary N) is 1. The van der Waals surface area contributed by atoms with Gasteiger partial charge in [-0.2, -0.15) is 13.2 Å². The van der Waals surface area contributed by atoms with Crippen molar-refractivity contribution in [2.45, 2.75) is 19.0 Å². The van der Waals surface area contributed by atoms with Crippen LogP contribution in [-0.2, 0) is 6.18 Å². The summed E-state index contributed by atoms with van der Waals surface area (Å²) in [7, 11) is 0. The predicted molar refractivity (Wildman–Crippen MR) is 139 cm³/mol. The SMILES string of the molecule is O=Cc1ccc(Cl)c(Oc2cccc(-c3ncc(OC(=O)N4CCC5(CC4)CNC5)cc3C(F)(F)F)c2)c1Cl. The van der Waals surface area contributed by atoms with Crippen molar-refractivity contribution in [3.63, 3.8) is 0 Å². The van der Waals surface area contributed by atoms with Gasteiger partial charge in [0.05, 0.1) is 27.5 Å². The van der Waals surface area contributed by atoms with Crippen molar-refractivity contribution in [2.24, 2.45) is 5.41 Å². The number of hydrogen-bond acceptors (Lipinski definition) is 6. The molecule has 0 bridgehead atoms. The van der Waals surface area contributed by atoms with Crippen LogP contribution in [0.25, 0.3) is 11.3 Å². The molecule has 1 N–H and O–H groups in total. The van der Waals surface area contributed by atoms with E-state index in [2.05, 4.69) is 10.3 Å². The van der Waals surface area contributed by atoms with Crippen LogP contribution in [0.15, 0.2) is 48.7 Å². The largest absolute Gasteiger partial charge is 0.454 e. The quantitative estimate of drug-likeness (QED) is 0.332. The molecule has 204 valence electrons. The van der Waals surface area contributed by atoms with Gasteiger partial charge in [0.1, 0.15) is 5.75 Å². The maximum atomic E-state index is 14.1. The molecule has 0 saturated carbocycles. The number of carbonyl (C=O) groups excluding carboxylic acids is 2. The Morgan fingerprint density at radius 1 is 1.08 bits per heavy atom. The van der Waals surface area contributed by atoms with Crippen molar-refractivity contribution in [1.82, 2.24) is 15.2 Å². The van der Waals surface area contributed by atoms with E-state index in [1.165, 1.54) is 41.3 Å². The molecule has 2 aromatic carbocycles. The molecule has 0 aliphatic carbocycles. The summed E-state index contributed by atoms with van der Waals surface area (Å²) < 4.78 is 53.2. The fourth-order valence-corrected chi connectivity index (χ4v) is 5.16. The highest BCUT2D eigenvalue weighted by Gasteiger charge is 2.41. The average Bonchev–Trinajstić information content (AvgIpc) is 2.90. The topological polar surface area (TPSA) is 80.8 Å². The van der Waals surface area contributed by atoms with Gasteiger partial charge in [-0.15, -0.1) is 0 Å². The molecule has 2 aliphatic rings. The summed E-state index contributed by atoms with van der Waals surface area (Å²) in [6.45, 7) is 2.78. The van der Waals surface area contributed by atoms with E-state index in [9.17, 15) is 22.8 Å². The molecule has 3 heterocycles. The van der Waals surface area contributed by atoms with Gasteiger partial charge in [-0.25, -0.2) is 4.79 Å². The Hall–Kier alpha value is -3.34. The van der Waals surface area contributed by atoms with Crippen LogP contribution in [0.4, 0.5) is 18.0 Å². The molecule has 12 heteroatoms. The minimum atomic E-state index is -4.79. The predicted octanol–water partition coefficient (Wildman–Crippen LogP) is 6.86. The Kier molecular flexibility index (Phi) is 7.45. The number of rotatable bonds is 5. The van der Waals surface area contributed by atoms with Crippen molar-refractivity contribution >= 4 is 35.6 Å². The number of nitrogens with zero attached hydrogens (tertiary/aromatic N) is 2. The van der Waals surface area contributed by atoms with Crippen molar-refractivity contribution < 1.29 is 32.2 Å². The van der Waals surface area contributed by atoms with Crippen molar-refractivity contribution in [2.75, 3.05) is 26.2 Å². The van der Waals surface area contributed by atoms with E-state index in [-0.39, 0.29) is 49.5 Å². The number of pyridine rings is 1. The number of likely N-dealkylation sites (tertiary alicyclic amines) is 1. The molecular formula is C27H22Cl2F3N3O4. The van der Waals surface area contributed by atoms with Crippen LogP contribution in [0.5, 0.6) is 17.2 Å². The van der Waals surface area contributed by atoms with Crippen LogP contribution in [-0.4, -0.2) is 48.4 Å². The zero-order chi connectivity index (χ0) is 27.8. The highest BCUT2D eigenvalue weighted by atomic mass is 35.5. The maximum absolute atomic E-state index is 14.1. The molecular weight excluding hydrogens is 558 g/mol. The monoisotopic (exact) mass is 579 g/mol. The smallest absolute Gasteiger partial charge is 0.418 e. The van der Waals surface area contributed by atoms with Gasteiger partial charge < -0.3 is 19.7 Å². The summed E-state index contributed by atoms with van der Waals surface area (Å²) in [6.07, 6.45) is -2.26. The highest BCUT2D eigenvalue weighted by Crippen LogP contribution is 2.41. The maximum Gasteiger partial charge on any atom is 0.418 e. The molecule has 0 radical (unpaired) electrons. The number of ether oxygens (including phenoxy) is 2. The fourth-order valence-electron chi connectivity index (χ4n) is 4.67. The summed E-state index contributed by atoms with van der Waals surface area (Å²) in [6, 6.07) is 9.34. The average molecular weight is 580 g/mol. The van der Waals surface area contributed by atoms with E-state index in [1.807, 2.05) is 0 Å². The molecule has 1 amide bonds. The zero-order valence-electron chi connectivity index (χ0n) is 20.4. The van der Waals surface area contributed by atoms with Crippen LogP contribution >= 0.6 is 23.2 Å². The first kappa shape index (κ1) is 27.2. The minimum absolute atomic E-state index is 0.0106. The van der Waals surface area contributed by atoms with Crippen molar-refractivity contribution in [1.29, 1.82) is 0 Å². The van der Waals surface area contributed by atoms with Gasteiger partial charge in [0.2, 0.25) is 0 Å². The Labute approximate surface area is 231 Å². The Morgan fingerprint density at radius 2 is 1.82 bits per heavy atom. The lowest BCUT2D eigenvalue weighted by atomic mass is 9.73. The second-order valence-electron chi connectivity index (χ2n) is 9.55. The van der Waals surface area contributed by atoms with E-state index in [0.29, 0.717) is 19.4 Å². The number of benzene rings is 2. The highest BCUT2D eigenvalue weighted by molar-refractivity contribution is 6.38. The van der Waals surface area contributed by atoms with Gasteiger partial charge in [-0.05, 0) is 48.6 Å². The number of hydrogen-bond donors (Lipinski definition) is 1. The van der Waals surface area contributed by atoms with E-state index in [1.54, 1.807) is 0 Å². The zero-order valence-corrected chi connectivity index (χ0v) is 21.9. The molecule has 1 spiro atoms. The number of amides is 1. The number of carbonyl (C=O) groups is 2. The molecule has 5 rings (SSSR count). The third-order valence-corrected chi connectivity index (χ3v) is 7.68. The third kappa shape index (κ3) is 5.68. The molecule has 3 aromatic rings. The van der Waals surface area contributed by atoms with Crippen LogP contribution in [0.1, 0.15) is 28.8 Å². The molecule has 7 nitrogen and oxygen atoms in total. The first-order valence-corrected chi connectivity index (χ1v) is 12.8. The summed E-state index contributed by atoms with van der Waals surface area (Å²) in [5.41, 5.74) is -1.03. The van der Waals surface area contributed by atoms with E-state index in [4.69, 9.17) is 32.7 Å². The van der Waals surface area contributed by atoms with Crippen LogP contribution in [0.3, 0.4) is 0 Å². The fraction of sp³-hybridized carbons (Fsp3) is 0.296. The first-order chi connectivity index (χ1) is 18.6. The van der Waals surface area contributed by atoms with Crippen molar-refractivity contribution in [3.8, 4) is 28.5 Å². The van der Waals surface area contributed by atoms with Gasteiger partial charge in [0, 0.05) is 37.3 Å². The Morgan fingerprint density at radius 3 is 2.46 bits per heavy atom. The standard InChI is InChI=1S/C27H22Cl2F3N3O4/c28-21-5-4-17(13-36)22(29)24(21)38-18-3-1-2-16(10-18)23-20(27(30,31)32)11-19(12-34-23)39-25(37)35-8-6-26(7-9-35)14-33-15-26/h1-5,10-13,33H,6-9,14-15H2. The Bertz CT molecular complexity index is 1420. The number of aldehydes is 1. The second-order valence-corrected chi connectivity index (χ2v) is 10.3. The van der Waals surface area contributed by atoms with E-state index in [0.717, 1.165) is 38.2 Å². The van der Waals surface area contributed by atoms with Crippen LogP contribution in [0.2, 0.25) is 10.0 Å². The first-order valence-electron chi connectivity index (χ1n) is 12.0. The summed E-state index contributed by atoms with van der Waals surface area (Å²) in [4.78, 5) is 29.3. The lowest BCUT2D eigenvalue weighted by Crippen LogP contribution is -2.59. The Balaban J connectivity index is 1.38. The third-order valence-electron chi connectivity index (χ3n) is 6.99. The van der Waals surface area contributed by atoms with Gasteiger partial charge in [-0.3, -0.25) is 9.78 Å². The normalized spacial score (nSPS) is 16.5. The summed E-state index contributed by atoms with van der Waals surface area (Å²) >= 11 is 12.4. The molecule has 0 unspecified atom stereocenters. The summed E-state index contributed by atoms with van der Waals surface area (Å²) in [5.74, 6) is -0.198. The van der Waals surface area contributed by atoms with Crippen LogP contribution < -0.4 is 14.8 Å². The van der Waals surface area contributed by atoms with Gasteiger partial charge in [-0.1, -0.05) is 35.3 Å². The van der Waals surface area contributed by atoms with Crippen molar-refractivity contribution in [3.05, 3.63) is 69.8 Å². The molecule has 0 atom stereocenters. The van der Waals surface area contributed by atoms with E-state index < -0.39 is 17.8 Å². The van der Waals surface area contributed by atoms with Gasteiger partial charge in [0.15, 0.2) is 17.8 Å². The lowest BCUT2D eigenvalue weighted by molar-refractivity contribution is -0.137. The number of aromatic nitrogens is 1. The molecule has 1 aromatic heterocycles. The van der Waals surface area contributed by atoms with Crippen LogP contribution in [0, 0.1) is 5.41 Å². The van der Waals surface area contributed by atoms with Gasteiger partial charge in [0.25, 0.3) is 0 Å².